The number of hydrogen-bond acceptors (Lipinski definition) is 4. The van der Waals surface area contributed by atoms with Gasteiger partial charge in [0.2, 0.25) is 0 Å². The third kappa shape index (κ3) is 4.26. The number of aromatic hydroxyl groups is 1. The van der Waals surface area contributed by atoms with Crippen LogP contribution in [0.4, 0.5) is 0 Å². The molecule has 3 rings (SSSR count). The molecule has 0 fully saturated rings. The van der Waals surface area contributed by atoms with E-state index >= 15 is 0 Å². The smallest absolute Gasteiger partial charge is 0.127 e. The Morgan fingerprint density at radius 2 is 1.42 bits per heavy atom. The van der Waals surface area contributed by atoms with E-state index in [0.717, 1.165) is 30.8 Å². The van der Waals surface area contributed by atoms with Crippen LogP contribution in [0.1, 0.15) is 40.3 Å². The first kappa shape index (κ1) is 24.5. The first-order valence-electron chi connectivity index (χ1n) is 8.22. The molecule has 0 unspecified atom stereocenters. The van der Waals surface area contributed by atoms with Gasteiger partial charge in [0.25, 0.3) is 0 Å². The van der Waals surface area contributed by atoms with Crippen molar-refractivity contribution in [2.75, 3.05) is 14.2 Å². The summed E-state index contributed by atoms with van der Waals surface area (Å²) in [5, 5.41) is 25.1. The average Bonchev–Trinajstić information content (AvgIpc) is 2.78. The molecule has 0 spiro atoms. The maximum atomic E-state index is 10.3. The van der Waals surface area contributed by atoms with E-state index in [-0.39, 0.29) is 27.1 Å². The second-order valence-corrected chi connectivity index (χ2v) is 6.42. The van der Waals surface area contributed by atoms with Gasteiger partial charge < -0.3 is 15.3 Å². The van der Waals surface area contributed by atoms with E-state index in [1.165, 1.54) is 22.3 Å². The van der Waals surface area contributed by atoms with Gasteiger partial charge in [-0.05, 0) is 49.6 Å². The van der Waals surface area contributed by atoms with Crippen molar-refractivity contribution in [1.82, 2.24) is 4.98 Å². The summed E-state index contributed by atoms with van der Waals surface area (Å²) in [6.45, 7) is 11.0. The summed E-state index contributed by atoms with van der Waals surface area (Å²) in [5.74, 6) is 0.300. The predicted molar refractivity (Wildman–Crippen MR) is 104 cm³/mol. The van der Waals surface area contributed by atoms with Gasteiger partial charge in [0.15, 0.2) is 0 Å². The zero-order valence-electron chi connectivity index (χ0n) is 16.7. The molecule has 1 heterocycles. The van der Waals surface area contributed by atoms with Crippen LogP contribution in [0, 0.1) is 5.41 Å². The Hall–Kier alpha value is -1.46. The number of pyridine rings is 1. The van der Waals surface area contributed by atoms with Crippen LogP contribution in [0.5, 0.6) is 5.75 Å². The monoisotopic (exact) mass is 391 g/mol. The molecule has 140 valence electrons. The van der Waals surface area contributed by atoms with Crippen LogP contribution < -0.4 is 0 Å². The SMILES string of the molecule is CC1=C(C)C(C)(C)C(c2cc(O)c3ccccc3n2)=C1C.CO.CO.[Ti]. The van der Waals surface area contributed by atoms with Gasteiger partial charge in [-0.3, -0.25) is 0 Å². The number of benzene rings is 1. The summed E-state index contributed by atoms with van der Waals surface area (Å²) < 4.78 is 0. The molecule has 0 radical (unpaired) electrons. The Morgan fingerprint density at radius 1 is 0.885 bits per heavy atom. The van der Waals surface area contributed by atoms with Gasteiger partial charge in [-0.1, -0.05) is 31.6 Å². The van der Waals surface area contributed by atoms with Gasteiger partial charge in [-0.2, -0.15) is 0 Å². The third-order valence-corrected chi connectivity index (χ3v) is 5.01. The molecule has 1 aromatic carbocycles. The van der Waals surface area contributed by atoms with Crippen LogP contribution in [-0.4, -0.2) is 34.5 Å². The molecule has 0 saturated heterocycles. The molecular weight excluding hydrogens is 362 g/mol. The quantitative estimate of drug-likeness (QED) is 0.634. The van der Waals surface area contributed by atoms with Gasteiger partial charge in [0.05, 0.1) is 11.2 Å². The minimum absolute atomic E-state index is 0. The number of aliphatic hydroxyl groups excluding tert-OH is 2. The van der Waals surface area contributed by atoms with Crippen molar-refractivity contribution >= 4 is 16.5 Å². The molecule has 0 atom stereocenters. The Kier molecular flexibility index (Phi) is 9.47. The summed E-state index contributed by atoms with van der Waals surface area (Å²) in [6, 6.07) is 9.52. The minimum Gasteiger partial charge on any atom is -0.507 e. The van der Waals surface area contributed by atoms with Gasteiger partial charge in [0, 0.05) is 52.8 Å². The van der Waals surface area contributed by atoms with Crippen LogP contribution in [-0.2, 0) is 21.7 Å². The summed E-state index contributed by atoms with van der Waals surface area (Å²) in [4.78, 5) is 4.79. The Labute approximate surface area is 171 Å². The largest absolute Gasteiger partial charge is 0.507 e. The van der Waals surface area contributed by atoms with E-state index in [2.05, 4.69) is 34.6 Å². The van der Waals surface area contributed by atoms with Gasteiger partial charge in [-0.15, -0.1) is 0 Å². The van der Waals surface area contributed by atoms with E-state index in [1.54, 1.807) is 6.07 Å². The van der Waals surface area contributed by atoms with Crippen molar-refractivity contribution in [3.05, 3.63) is 52.7 Å². The zero-order valence-corrected chi connectivity index (χ0v) is 18.2. The predicted octanol–water partition coefficient (Wildman–Crippen LogP) is 4.30. The van der Waals surface area contributed by atoms with Gasteiger partial charge >= 0.3 is 0 Å². The second-order valence-electron chi connectivity index (χ2n) is 6.42. The fourth-order valence-electron chi connectivity index (χ4n) is 3.39. The maximum Gasteiger partial charge on any atom is 0.127 e. The molecule has 4 nitrogen and oxygen atoms in total. The standard InChI is InChI=1S/C19H21NO.2CH4O.Ti/c1-11-12(2)18(19(4,5)13(11)3)16-10-17(21)14-8-6-7-9-15(14)20-16;2*1-2;/h6-10H,1-5H3,(H,20,21);2*2H,1H3;. The average molecular weight is 391 g/mol. The number of hydrogen-bond donors (Lipinski definition) is 3. The Bertz CT molecular complexity index is 823. The van der Waals surface area contributed by atoms with Crippen LogP contribution in [0.25, 0.3) is 16.5 Å². The van der Waals surface area contributed by atoms with E-state index in [9.17, 15) is 5.11 Å². The Morgan fingerprint density at radius 3 is 1.92 bits per heavy atom. The molecule has 1 aliphatic rings. The van der Waals surface area contributed by atoms with Gasteiger partial charge in [-0.25, -0.2) is 4.98 Å². The van der Waals surface area contributed by atoms with E-state index < -0.39 is 0 Å². The molecule has 0 aliphatic heterocycles. The number of aliphatic hydroxyl groups is 2. The molecule has 0 bridgehead atoms. The molecule has 3 N–H and O–H groups in total. The van der Waals surface area contributed by atoms with Crippen molar-refractivity contribution in [2.24, 2.45) is 5.41 Å². The topological polar surface area (TPSA) is 73.6 Å². The van der Waals surface area contributed by atoms with Crippen molar-refractivity contribution in [3.63, 3.8) is 0 Å². The molecule has 26 heavy (non-hydrogen) atoms. The number of rotatable bonds is 1. The second kappa shape index (κ2) is 10.0. The number of allylic oxidation sites excluding steroid dienone is 4. The molecule has 0 amide bonds. The first-order chi connectivity index (χ1) is 11.8. The Balaban J connectivity index is 0.00000117. The van der Waals surface area contributed by atoms with E-state index in [1.807, 2.05) is 24.3 Å². The normalized spacial score (nSPS) is 15.0. The summed E-state index contributed by atoms with van der Waals surface area (Å²) in [6.07, 6.45) is 0. The van der Waals surface area contributed by atoms with E-state index in [4.69, 9.17) is 15.2 Å². The van der Waals surface area contributed by atoms with Crippen molar-refractivity contribution in [3.8, 4) is 5.75 Å². The number of para-hydroxylation sites is 1. The summed E-state index contributed by atoms with van der Waals surface area (Å²) in [7, 11) is 2.00. The zero-order chi connectivity index (χ0) is 19.4. The minimum atomic E-state index is -0.0456. The third-order valence-electron chi connectivity index (χ3n) is 5.01. The maximum absolute atomic E-state index is 10.3. The van der Waals surface area contributed by atoms with Crippen molar-refractivity contribution < 1.29 is 37.0 Å². The summed E-state index contributed by atoms with van der Waals surface area (Å²) >= 11 is 0. The van der Waals surface area contributed by atoms with Crippen molar-refractivity contribution in [1.29, 1.82) is 0 Å². The van der Waals surface area contributed by atoms with Crippen molar-refractivity contribution in [2.45, 2.75) is 34.6 Å². The number of aromatic nitrogens is 1. The molecule has 1 aromatic heterocycles. The first-order valence-corrected chi connectivity index (χ1v) is 8.22. The van der Waals surface area contributed by atoms with Crippen LogP contribution in [0.15, 0.2) is 47.1 Å². The summed E-state index contributed by atoms with van der Waals surface area (Å²) in [5.41, 5.74) is 6.89. The number of fused-ring (bicyclic) bond motifs is 1. The fourth-order valence-corrected chi connectivity index (χ4v) is 3.39. The fraction of sp³-hybridized carbons (Fsp3) is 0.381. The van der Waals surface area contributed by atoms with Crippen LogP contribution in [0.2, 0.25) is 0 Å². The molecule has 5 heteroatoms. The molecule has 0 saturated carbocycles. The molecule has 2 aromatic rings. The van der Waals surface area contributed by atoms with Crippen LogP contribution >= 0.6 is 0 Å². The van der Waals surface area contributed by atoms with E-state index in [0.29, 0.717) is 5.75 Å². The molecule has 1 aliphatic carbocycles. The van der Waals surface area contributed by atoms with Gasteiger partial charge in [0.1, 0.15) is 5.75 Å². The number of nitrogens with zero attached hydrogens (tertiary/aromatic N) is 1. The molecular formula is C21H29NO3Ti. The van der Waals surface area contributed by atoms with Crippen LogP contribution in [0.3, 0.4) is 0 Å².